The zero-order valence-corrected chi connectivity index (χ0v) is 14.2. The predicted octanol–water partition coefficient (Wildman–Crippen LogP) is 3.41. The van der Waals surface area contributed by atoms with Gasteiger partial charge in [0.1, 0.15) is 5.75 Å². The molecule has 21 heavy (non-hydrogen) atoms. The van der Waals surface area contributed by atoms with Gasteiger partial charge in [0.05, 0.1) is 13.2 Å². The van der Waals surface area contributed by atoms with Gasteiger partial charge in [-0.15, -0.1) is 0 Å². The van der Waals surface area contributed by atoms with E-state index < -0.39 is 6.10 Å². The van der Waals surface area contributed by atoms with Gasteiger partial charge in [-0.3, -0.25) is 4.90 Å². The van der Waals surface area contributed by atoms with Gasteiger partial charge < -0.3 is 9.84 Å². The fourth-order valence-corrected chi connectivity index (χ4v) is 3.20. The second kappa shape index (κ2) is 5.98. The maximum Gasteiger partial charge on any atom is 0.119 e. The van der Waals surface area contributed by atoms with E-state index in [1.54, 1.807) is 7.11 Å². The van der Waals surface area contributed by atoms with Crippen LogP contribution in [0.4, 0.5) is 0 Å². The van der Waals surface area contributed by atoms with Crippen LogP contribution in [0.5, 0.6) is 5.75 Å². The molecule has 1 aliphatic rings. The lowest BCUT2D eigenvalue weighted by molar-refractivity contribution is 0.00449. The largest absolute Gasteiger partial charge is 0.497 e. The Labute approximate surface area is 128 Å². The molecule has 0 aromatic heterocycles. The highest BCUT2D eigenvalue weighted by atomic mass is 16.5. The van der Waals surface area contributed by atoms with E-state index in [-0.39, 0.29) is 11.5 Å². The van der Waals surface area contributed by atoms with Crippen molar-refractivity contribution >= 4 is 0 Å². The smallest absolute Gasteiger partial charge is 0.119 e. The fraction of sp³-hybridized carbons (Fsp3) is 0.667. The van der Waals surface area contributed by atoms with Gasteiger partial charge >= 0.3 is 0 Å². The standard InChI is InChI=1S/C18H29NO2/c1-12(18(2,3)4)19(5)16-10-8-13-7-9-14(21-6)11-15(13)17(16)20/h7,9,11-12,16-17,20H,8,10H2,1-6H3. The molecule has 0 fully saturated rings. The maximum absolute atomic E-state index is 10.8. The third-order valence-electron chi connectivity index (χ3n) is 5.13. The van der Waals surface area contributed by atoms with E-state index in [2.05, 4.69) is 45.7 Å². The molecule has 1 N–H and O–H groups in total. The highest BCUT2D eigenvalue weighted by Gasteiger charge is 2.35. The van der Waals surface area contributed by atoms with Crippen LogP contribution in [0.3, 0.4) is 0 Å². The predicted molar refractivity (Wildman–Crippen MR) is 86.7 cm³/mol. The van der Waals surface area contributed by atoms with Crippen LogP contribution >= 0.6 is 0 Å². The molecule has 0 amide bonds. The Kier molecular flexibility index (Phi) is 4.64. The Hall–Kier alpha value is -1.06. The number of aryl methyl sites for hydroxylation is 1. The molecule has 0 aliphatic heterocycles. The van der Waals surface area contributed by atoms with E-state index in [1.165, 1.54) is 5.56 Å². The maximum atomic E-state index is 10.8. The minimum absolute atomic E-state index is 0.166. The summed E-state index contributed by atoms with van der Waals surface area (Å²) in [7, 11) is 3.80. The summed E-state index contributed by atoms with van der Waals surface area (Å²) in [6.45, 7) is 8.99. The molecule has 1 aromatic carbocycles. The Morgan fingerprint density at radius 2 is 2.00 bits per heavy atom. The average Bonchev–Trinajstić information content (AvgIpc) is 2.45. The first-order chi connectivity index (χ1) is 9.75. The first-order valence-electron chi connectivity index (χ1n) is 7.82. The third kappa shape index (κ3) is 3.24. The number of nitrogens with zero attached hydrogens (tertiary/aromatic N) is 1. The van der Waals surface area contributed by atoms with Gasteiger partial charge in [0, 0.05) is 12.1 Å². The Bertz CT molecular complexity index is 492. The number of methoxy groups -OCH3 is 1. The number of ether oxygens (including phenoxy) is 1. The molecule has 3 unspecified atom stereocenters. The lowest BCUT2D eigenvalue weighted by atomic mass is 9.81. The molecule has 1 aliphatic carbocycles. The number of hydrogen-bond donors (Lipinski definition) is 1. The van der Waals surface area contributed by atoms with Crippen LogP contribution in [-0.4, -0.2) is 36.2 Å². The number of rotatable bonds is 3. The summed E-state index contributed by atoms with van der Waals surface area (Å²) in [6.07, 6.45) is 1.57. The summed E-state index contributed by atoms with van der Waals surface area (Å²) in [5.74, 6) is 0.819. The number of benzene rings is 1. The minimum Gasteiger partial charge on any atom is -0.497 e. The van der Waals surface area contributed by atoms with Gasteiger partial charge in [0.15, 0.2) is 0 Å². The first kappa shape index (κ1) is 16.3. The number of likely N-dealkylation sites (N-methyl/N-ethyl adjacent to an activating group) is 1. The van der Waals surface area contributed by atoms with Gasteiger partial charge in [0.2, 0.25) is 0 Å². The van der Waals surface area contributed by atoms with Crippen LogP contribution in [-0.2, 0) is 6.42 Å². The van der Waals surface area contributed by atoms with Crippen LogP contribution in [0.15, 0.2) is 18.2 Å². The van der Waals surface area contributed by atoms with Crippen molar-refractivity contribution in [2.75, 3.05) is 14.2 Å². The highest BCUT2D eigenvalue weighted by Crippen LogP contribution is 2.37. The zero-order valence-electron chi connectivity index (χ0n) is 14.2. The van der Waals surface area contributed by atoms with E-state index in [0.717, 1.165) is 24.2 Å². The Morgan fingerprint density at radius 3 is 2.57 bits per heavy atom. The summed E-state index contributed by atoms with van der Waals surface area (Å²) in [4.78, 5) is 2.34. The van der Waals surface area contributed by atoms with Crippen molar-refractivity contribution in [1.82, 2.24) is 4.90 Å². The van der Waals surface area contributed by atoms with Crippen molar-refractivity contribution < 1.29 is 9.84 Å². The molecule has 2 rings (SSSR count). The van der Waals surface area contributed by atoms with E-state index in [9.17, 15) is 5.11 Å². The molecule has 0 saturated heterocycles. The van der Waals surface area contributed by atoms with Crippen LogP contribution in [0, 0.1) is 5.41 Å². The first-order valence-corrected chi connectivity index (χ1v) is 7.82. The van der Waals surface area contributed by atoms with E-state index in [1.807, 2.05) is 12.1 Å². The van der Waals surface area contributed by atoms with Gasteiger partial charge in [-0.1, -0.05) is 26.8 Å². The fourth-order valence-electron chi connectivity index (χ4n) is 3.20. The minimum atomic E-state index is -0.446. The number of aliphatic hydroxyl groups excluding tert-OH is 1. The molecular formula is C18H29NO2. The summed E-state index contributed by atoms with van der Waals surface area (Å²) in [5.41, 5.74) is 2.47. The molecule has 0 saturated carbocycles. The van der Waals surface area contributed by atoms with Crippen molar-refractivity contribution in [2.24, 2.45) is 5.41 Å². The molecule has 3 heteroatoms. The second-order valence-corrected chi connectivity index (χ2v) is 7.32. The van der Waals surface area contributed by atoms with E-state index in [4.69, 9.17) is 4.74 Å². The second-order valence-electron chi connectivity index (χ2n) is 7.32. The molecule has 3 nitrogen and oxygen atoms in total. The molecular weight excluding hydrogens is 262 g/mol. The highest BCUT2D eigenvalue weighted by molar-refractivity contribution is 5.39. The van der Waals surface area contributed by atoms with Crippen LogP contribution in [0.25, 0.3) is 0 Å². The average molecular weight is 291 g/mol. The number of hydrogen-bond acceptors (Lipinski definition) is 3. The monoisotopic (exact) mass is 291 g/mol. The van der Waals surface area contributed by atoms with Crippen molar-refractivity contribution in [3.8, 4) is 5.75 Å². The van der Waals surface area contributed by atoms with Crippen molar-refractivity contribution in [2.45, 2.75) is 58.7 Å². The number of fused-ring (bicyclic) bond motifs is 1. The van der Waals surface area contributed by atoms with E-state index in [0.29, 0.717) is 6.04 Å². The molecule has 0 heterocycles. The van der Waals surface area contributed by atoms with Crippen LogP contribution in [0.1, 0.15) is 51.3 Å². The quantitative estimate of drug-likeness (QED) is 0.926. The molecule has 1 aromatic rings. The lowest BCUT2D eigenvalue weighted by Crippen LogP contribution is -2.49. The summed E-state index contributed by atoms with van der Waals surface area (Å²) in [6, 6.07) is 6.62. The summed E-state index contributed by atoms with van der Waals surface area (Å²) >= 11 is 0. The van der Waals surface area contributed by atoms with Gasteiger partial charge in [-0.05, 0) is 55.5 Å². The normalized spacial score (nSPS) is 23.8. The Balaban J connectivity index is 2.25. The molecule has 0 spiro atoms. The SMILES string of the molecule is COc1ccc2c(c1)C(O)C(N(C)C(C)C(C)(C)C)CC2. The van der Waals surface area contributed by atoms with Crippen LogP contribution in [0.2, 0.25) is 0 Å². The van der Waals surface area contributed by atoms with Crippen LogP contribution < -0.4 is 4.74 Å². The molecule has 3 atom stereocenters. The summed E-state index contributed by atoms with van der Waals surface area (Å²) < 4.78 is 5.30. The van der Waals surface area contributed by atoms with Crippen molar-refractivity contribution in [3.05, 3.63) is 29.3 Å². The zero-order chi connectivity index (χ0) is 15.8. The van der Waals surface area contributed by atoms with Gasteiger partial charge in [-0.25, -0.2) is 0 Å². The van der Waals surface area contributed by atoms with E-state index >= 15 is 0 Å². The molecule has 0 radical (unpaired) electrons. The molecule has 118 valence electrons. The van der Waals surface area contributed by atoms with Gasteiger partial charge in [0.25, 0.3) is 0 Å². The van der Waals surface area contributed by atoms with Crippen molar-refractivity contribution in [1.29, 1.82) is 0 Å². The van der Waals surface area contributed by atoms with Crippen molar-refractivity contribution in [3.63, 3.8) is 0 Å². The van der Waals surface area contributed by atoms with Gasteiger partial charge in [-0.2, -0.15) is 0 Å². The lowest BCUT2D eigenvalue weighted by Gasteiger charge is -2.44. The third-order valence-corrected chi connectivity index (χ3v) is 5.13. The Morgan fingerprint density at radius 1 is 1.33 bits per heavy atom. The summed E-state index contributed by atoms with van der Waals surface area (Å²) in [5, 5.41) is 10.8. The number of aliphatic hydroxyl groups is 1. The molecule has 0 bridgehead atoms. The topological polar surface area (TPSA) is 32.7 Å².